The molecule has 3 N–H and O–H groups in total. The number of thiazole rings is 1. The Labute approximate surface area is 282 Å². The standard InChI is InChI=1S/C37H37F2N5O3S/c1-23-15-27(16-24(2)34(23)47-36(45)32-5-4-12-41-32)19-43-13-14-44(22-43)21-37(46,30-11-10-29(38)17-31(30)39)25(3)35-42-33(20-48-35)28-8-6-26(18-40)7-9-28/h6-11,13-17,20,25,32,41,46H,4-5,12,19,21-22H2,1-3H3/p+1/t25-,32-,37+/m0/s1. The number of aliphatic hydroxyl groups is 1. The third-order valence-electron chi connectivity index (χ3n) is 9.19. The number of esters is 1. The molecule has 0 amide bonds. The van der Waals surface area contributed by atoms with E-state index in [4.69, 9.17) is 15.0 Å². The molecule has 0 aliphatic carbocycles. The van der Waals surface area contributed by atoms with Gasteiger partial charge in [-0.05, 0) is 68.1 Å². The van der Waals surface area contributed by atoms with E-state index in [2.05, 4.69) is 16.3 Å². The highest BCUT2D eigenvalue weighted by atomic mass is 32.1. The van der Waals surface area contributed by atoms with E-state index < -0.39 is 23.2 Å². The summed E-state index contributed by atoms with van der Waals surface area (Å²) in [6, 6.07) is 16.2. The van der Waals surface area contributed by atoms with E-state index in [1.54, 1.807) is 12.1 Å². The number of ether oxygens (including phenoxy) is 1. The van der Waals surface area contributed by atoms with E-state index in [0.29, 0.717) is 35.2 Å². The molecule has 1 unspecified atom stereocenters. The zero-order valence-electron chi connectivity index (χ0n) is 27.1. The van der Waals surface area contributed by atoms with Crippen LogP contribution in [0.25, 0.3) is 11.3 Å². The van der Waals surface area contributed by atoms with Crippen molar-refractivity contribution >= 4 is 17.3 Å². The van der Waals surface area contributed by atoms with Gasteiger partial charge in [-0.1, -0.05) is 37.3 Å². The van der Waals surface area contributed by atoms with Crippen molar-refractivity contribution in [1.82, 2.24) is 15.2 Å². The number of hydrogen-bond acceptors (Lipinski definition) is 8. The van der Waals surface area contributed by atoms with Gasteiger partial charge < -0.3 is 20.1 Å². The summed E-state index contributed by atoms with van der Waals surface area (Å²) in [5.74, 6) is -1.83. The fraction of sp³-hybridized carbons (Fsp3) is 0.324. The minimum atomic E-state index is -1.72. The maximum Gasteiger partial charge on any atom is 0.328 e. The second kappa shape index (κ2) is 13.9. The van der Waals surface area contributed by atoms with Crippen LogP contribution < -0.4 is 15.0 Å². The van der Waals surface area contributed by atoms with Gasteiger partial charge in [0, 0.05) is 35.0 Å². The van der Waals surface area contributed by atoms with Gasteiger partial charge >= 0.3 is 5.97 Å². The van der Waals surface area contributed by atoms with Crippen molar-refractivity contribution in [3.8, 4) is 23.1 Å². The molecule has 4 atom stereocenters. The number of carbonyl (C=O) groups excluding carboxylic acids is 1. The molecule has 0 saturated carbocycles. The highest BCUT2D eigenvalue weighted by Gasteiger charge is 2.44. The number of benzene rings is 3. The lowest BCUT2D eigenvalue weighted by Gasteiger charge is -2.34. The Morgan fingerprint density at radius 1 is 1.21 bits per heavy atom. The van der Waals surface area contributed by atoms with Gasteiger partial charge in [0.1, 0.15) is 36.2 Å². The highest BCUT2D eigenvalue weighted by Crippen LogP contribution is 2.40. The van der Waals surface area contributed by atoms with Gasteiger partial charge in [-0.25, -0.2) is 18.6 Å². The lowest BCUT2D eigenvalue weighted by atomic mass is 9.81. The predicted octanol–water partition coefficient (Wildman–Crippen LogP) is 5.05. The number of nitrogens with zero attached hydrogens (tertiary/aromatic N) is 3. The lowest BCUT2D eigenvalue weighted by molar-refractivity contribution is -0.858. The molecule has 1 saturated heterocycles. The van der Waals surface area contributed by atoms with E-state index in [-0.39, 0.29) is 24.1 Å². The first-order valence-electron chi connectivity index (χ1n) is 16.0. The first kappa shape index (κ1) is 33.4. The molecule has 0 spiro atoms. The van der Waals surface area contributed by atoms with E-state index in [0.717, 1.165) is 58.7 Å². The van der Waals surface area contributed by atoms with Crippen LogP contribution in [0, 0.1) is 36.8 Å². The third-order valence-corrected chi connectivity index (χ3v) is 10.2. The minimum Gasteiger partial charge on any atom is -0.425 e. The van der Waals surface area contributed by atoms with Gasteiger partial charge in [0.25, 0.3) is 0 Å². The van der Waals surface area contributed by atoms with E-state index >= 15 is 4.39 Å². The molecule has 8 nitrogen and oxygen atoms in total. The molecule has 0 radical (unpaired) electrons. The van der Waals surface area contributed by atoms with E-state index in [9.17, 15) is 14.3 Å². The van der Waals surface area contributed by atoms with Crippen LogP contribution in [0.3, 0.4) is 0 Å². The second-order valence-electron chi connectivity index (χ2n) is 12.7. The molecule has 11 heteroatoms. The smallest absolute Gasteiger partial charge is 0.328 e. The van der Waals surface area contributed by atoms with Gasteiger partial charge in [-0.3, -0.25) is 4.90 Å². The molecular weight excluding hydrogens is 633 g/mol. The van der Waals surface area contributed by atoms with Gasteiger partial charge in [0.15, 0.2) is 12.3 Å². The first-order valence-corrected chi connectivity index (χ1v) is 16.9. The number of aromatic nitrogens is 1. The maximum atomic E-state index is 15.4. The molecule has 248 valence electrons. The second-order valence-corrected chi connectivity index (χ2v) is 13.6. The van der Waals surface area contributed by atoms with Crippen LogP contribution in [0.5, 0.6) is 5.75 Å². The molecule has 48 heavy (non-hydrogen) atoms. The number of quaternary nitrogens is 1. The molecule has 1 aromatic heterocycles. The van der Waals surface area contributed by atoms with Crippen LogP contribution in [0.15, 0.2) is 72.4 Å². The number of aryl methyl sites for hydroxylation is 2. The minimum absolute atomic E-state index is 0.00932. The quantitative estimate of drug-likeness (QED) is 0.160. The summed E-state index contributed by atoms with van der Waals surface area (Å²) in [5.41, 5.74) is 3.14. The van der Waals surface area contributed by atoms with Gasteiger partial charge in [-0.15, -0.1) is 11.3 Å². The summed E-state index contributed by atoms with van der Waals surface area (Å²) < 4.78 is 35.1. The third kappa shape index (κ3) is 7.03. The topological polar surface area (TPSA) is 103 Å². The average Bonchev–Trinajstić information content (AvgIpc) is 3.86. The Balaban J connectivity index is 1.18. The molecular formula is C37H38F2N5O3S+. The Bertz CT molecular complexity index is 1860. The SMILES string of the molecule is Cc1cc(CN2C=C[NH+](C[C@](O)(c3ccc(F)cc3F)[C@@H](C)c3nc(-c4ccc(C#N)cc4)cs3)C2)cc(C)c1OC(=O)[C@@H]1CCCN1. The molecule has 2 aliphatic rings. The van der Waals surface area contributed by atoms with Gasteiger partial charge in [0.05, 0.1) is 28.5 Å². The van der Waals surface area contributed by atoms with Crippen LogP contribution in [-0.4, -0.2) is 46.8 Å². The summed E-state index contributed by atoms with van der Waals surface area (Å²) >= 11 is 1.36. The summed E-state index contributed by atoms with van der Waals surface area (Å²) in [6.07, 6.45) is 5.63. The molecule has 1 fully saturated rings. The van der Waals surface area contributed by atoms with Crippen molar-refractivity contribution in [3.05, 3.63) is 117 Å². The van der Waals surface area contributed by atoms with E-state index in [1.165, 1.54) is 17.4 Å². The van der Waals surface area contributed by atoms with Crippen molar-refractivity contribution in [2.75, 3.05) is 19.8 Å². The molecule has 6 rings (SSSR count). The Morgan fingerprint density at radius 2 is 1.96 bits per heavy atom. The number of nitrogens with one attached hydrogen (secondary N) is 2. The zero-order chi connectivity index (χ0) is 34.0. The molecule has 4 aromatic rings. The monoisotopic (exact) mass is 670 g/mol. The van der Waals surface area contributed by atoms with Crippen LogP contribution in [-0.2, 0) is 16.9 Å². The lowest BCUT2D eigenvalue weighted by Crippen LogP contribution is -3.09. The molecule has 3 heterocycles. The Hall–Kier alpha value is -4.47. The van der Waals surface area contributed by atoms with Crippen LogP contribution in [0.1, 0.15) is 58.5 Å². The number of hydrogen-bond donors (Lipinski definition) is 3. The Morgan fingerprint density at radius 3 is 2.62 bits per heavy atom. The van der Waals surface area contributed by atoms with Crippen molar-refractivity contribution < 1.29 is 28.3 Å². The largest absolute Gasteiger partial charge is 0.425 e. The van der Waals surface area contributed by atoms with Gasteiger partial charge in [0.2, 0.25) is 0 Å². The predicted molar refractivity (Wildman–Crippen MR) is 179 cm³/mol. The van der Waals surface area contributed by atoms with Gasteiger partial charge in [-0.2, -0.15) is 5.26 Å². The summed E-state index contributed by atoms with van der Waals surface area (Å²) in [5, 5.41) is 27.2. The molecule has 2 aliphatic heterocycles. The average molecular weight is 671 g/mol. The van der Waals surface area contributed by atoms with Crippen LogP contribution >= 0.6 is 11.3 Å². The van der Waals surface area contributed by atoms with Crippen LogP contribution in [0.2, 0.25) is 0 Å². The zero-order valence-corrected chi connectivity index (χ0v) is 27.9. The number of rotatable bonds is 10. The van der Waals surface area contributed by atoms with Crippen LogP contribution in [0.4, 0.5) is 8.78 Å². The fourth-order valence-electron chi connectivity index (χ4n) is 6.59. The first-order chi connectivity index (χ1) is 23.0. The summed E-state index contributed by atoms with van der Waals surface area (Å²) in [4.78, 5) is 20.4. The number of halogens is 2. The van der Waals surface area contributed by atoms with Crippen molar-refractivity contribution in [2.24, 2.45) is 0 Å². The number of nitriles is 1. The maximum absolute atomic E-state index is 15.4. The highest BCUT2D eigenvalue weighted by molar-refractivity contribution is 7.10. The molecule has 0 bridgehead atoms. The Kier molecular flexibility index (Phi) is 9.71. The normalized spacial score (nSPS) is 19.2. The van der Waals surface area contributed by atoms with Crippen molar-refractivity contribution in [1.29, 1.82) is 5.26 Å². The van der Waals surface area contributed by atoms with E-state index in [1.807, 2.05) is 62.8 Å². The summed E-state index contributed by atoms with van der Waals surface area (Å²) in [7, 11) is 0. The fourth-order valence-corrected chi connectivity index (χ4v) is 7.56. The van der Waals surface area contributed by atoms with Crippen molar-refractivity contribution in [3.63, 3.8) is 0 Å². The summed E-state index contributed by atoms with van der Waals surface area (Å²) in [6.45, 7) is 7.70. The van der Waals surface area contributed by atoms with Crippen molar-refractivity contribution in [2.45, 2.75) is 57.7 Å². The number of carbonyl (C=O) groups is 1. The molecule has 3 aromatic carbocycles.